The molecule has 1 unspecified atom stereocenters. The van der Waals surface area contributed by atoms with Gasteiger partial charge in [-0.25, -0.2) is 0 Å². The average molecular weight is 389 g/mol. The van der Waals surface area contributed by atoms with Gasteiger partial charge in [-0.1, -0.05) is 65.8 Å². The van der Waals surface area contributed by atoms with Gasteiger partial charge < -0.3 is 9.94 Å². The van der Waals surface area contributed by atoms with E-state index in [2.05, 4.69) is 10.1 Å². The van der Waals surface area contributed by atoms with E-state index in [1.54, 1.807) is 0 Å². The van der Waals surface area contributed by atoms with Crippen molar-refractivity contribution in [3.63, 3.8) is 0 Å². The molecular weight excluding hydrogens is 364 g/mol. The lowest BCUT2D eigenvalue weighted by Crippen LogP contribution is -2.40. The van der Waals surface area contributed by atoms with Gasteiger partial charge in [-0.05, 0) is 19.4 Å². The summed E-state index contributed by atoms with van der Waals surface area (Å²) in [6.07, 6.45) is 1.68. The Balaban J connectivity index is 0.00000261. The topological polar surface area (TPSA) is 62.1 Å². The number of rotatable bonds is 7. The van der Waals surface area contributed by atoms with Crippen LogP contribution in [0.4, 0.5) is 0 Å². The Morgan fingerprint density at radius 3 is 2.22 bits per heavy atom. The zero-order chi connectivity index (χ0) is 18.2. The largest absolute Gasteiger partial charge is 0.481 e. The molecule has 1 fully saturated rings. The van der Waals surface area contributed by atoms with Crippen LogP contribution in [0.15, 0.2) is 65.8 Å². The van der Waals surface area contributed by atoms with E-state index >= 15 is 0 Å². The van der Waals surface area contributed by atoms with Crippen molar-refractivity contribution in [1.82, 2.24) is 4.90 Å². The Hall–Kier alpha value is -2.37. The lowest BCUT2D eigenvalue weighted by Gasteiger charge is -2.29. The molecule has 0 spiro atoms. The van der Waals surface area contributed by atoms with E-state index < -0.39 is 5.97 Å². The first-order valence-electron chi connectivity index (χ1n) is 9.00. The van der Waals surface area contributed by atoms with Crippen LogP contribution in [-0.4, -0.2) is 47.9 Å². The van der Waals surface area contributed by atoms with Crippen LogP contribution in [0.1, 0.15) is 24.0 Å². The fourth-order valence-corrected chi connectivity index (χ4v) is 3.20. The molecule has 27 heavy (non-hydrogen) atoms. The summed E-state index contributed by atoms with van der Waals surface area (Å²) in [6.45, 7) is 2.63. The van der Waals surface area contributed by atoms with E-state index in [-0.39, 0.29) is 18.3 Å². The van der Waals surface area contributed by atoms with Crippen molar-refractivity contribution in [3.05, 3.63) is 71.8 Å². The summed E-state index contributed by atoms with van der Waals surface area (Å²) in [6, 6.07) is 19.9. The minimum Gasteiger partial charge on any atom is -0.481 e. The molecule has 1 aliphatic heterocycles. The number of likely N-dealkylation sites (tertiary alicyclic amines) is 1. The number of carbonyl (C=O) groups is 1. The maximum absolute atomic E-state index is 11.2. The molecule has 1 N–H and O–H groups in total. The van der Waals surface area contributed by atoms with Crippen LogP contribution < -0.4 is 0 Å². The Labute approximate surface area is 166 Å². The lowest BCUT2D eigenvalue weighted by atomic mass is 9.98. The predicted octanol–water partition coefficient (Wildman–Crippen LogP) is 3.67. The minimum atomic E-state index is -0.705. The normalized spacial score (nSPS) is 16.8. The van der Waals surface area contributed by atoms with Crippen LogP contribution in [0.25, 0.3) is 0 Å². The van der Waals surface area contributed by atoms with E-state index in [0.717, 1.165) is 36.2 Å². The van der Waals surface area contributed by atoms with E-state index in [0.29, 0.717) is 19.7 Å². The molecule has 5 nitrogen and oxygen atoms in total. The summed E-state index contributed by atoms with van der Waals surface area (Å²) in [5, 5.41) is 13.5. The standard InChI is InChI=1S/C21H24N2O3.ClH/c24-21(25)19-12-7-13-23(16-19)14-15-26-22-20(17-8-3-1-4-9-17)18-10-5-2-6-11-18;/h1-6,8-11,19H,7,12-16H2,(H,24,25);1H. The molecule has 0 radical (unpaired) electrons. The SMILES string of the molecule is Cl.O=C(O)C1CCCN(CCON=C(c2ccccc2)c2ccccc2)C1. The molecule has 1 saturated heterocycles. The van der Waals surface area contributed by atoms with Gasteiger partial charge in [-0.15, -0.1) is 12.4 Å². The van der Waals surface area contributed by atoms with Crippen molar-refractivity contribution in [2.75, 3.05) is 26.2 Å². The van der Waals surface area contributed by atoms with E-state index in [1.807, 2.05) is 60.7 Å². The summed E-state index contributed by atoms with van der Waals surface area (Å²) < 4.78 is 0. The van der Waals surface area contributed by atoms with Gasteiger partial charge in [0.1, 0.15) is 12.3 Å². The highest BCUT2D eigenvalue weighted by atomic mass is 35.5. The molecule has 0 amide bonds. The molecule has 1 aliphatic rings. The smallest absolute Gasteiger partial charge is 0.307 e. The van der Waals surface area contributed by atoms with Crippen LogP contribution in [0.2, 0.25) is 0 Å². The zero-order valence-electron chi connectivity index (χ0n) is 15.2. The summed E-state index contributed by atoms with van der Waals surface area (Å²) >= 11 is 0. The molecule has 0 aliphatic carbocycles. The van der Waals surface area contributed by atoms with Gasteiger partial charge in [-0.2, -0.15) is 0 Å². The molecular formula is C21H25ClN2O3. The Morgan fingerprint density at radius 2 is 1.67 bits per heavy atom. The Bertz CT molecular complexity index is 696. The van der Waals surface area contributed by atoms with Crippen molar-refractivity contribution < 1.29 is 14.7 Å². The fourth-order valence-electron chi connectivity index (χ4n) is 3.20. The van der Waals surface area contributed by atoms with E-state index in [4.69, 9.17) is 4.84 Å². The van der Waals surface area contributed by atoms with Gasteiger partial charge in [-0.3, -0.25) is 9.69 Å². The highest BCUT2D eigenvalue weighted by Gasteiger charge is 2.24. The van der Waals surface area contributed by atoms with Crippen molar-refractivity contribution in [2.45, 2.75) is 12.8 Å². The molecule has 1 heterocycles. The number of hydrogen-bond acceptors (Lipinski definition) is 4. The second kappa shape index (κ2) is 10.7. The van der Waals surface area contributed by atoms with Crippen molar-refractivity contribution >= 4 is 24.1 Å². The monoisotopic (exact) mass is 388 g/mol. The first-order chi connectivity index (χ1) is 12.7. The highest BCUT2D eigenvalue weighted by Crippen LogP contribution is 2.16. The number of aliphatic carboxylic acids is 1. The number of hydrogen-bond donors (Lipinski definition) is 1. The lowest BCUT2D eigenvalue weighted by molar-refractivity contribution is -0.143. The average Bonchev–Trinajstić information content (AvgIpc) is 2.69. The second-order valence-electron chi connectivity index (χ2n) is 6.48. The fraction of sp³-hybridized carbons (Fsp3) is 0.333. The van der Waals surface area contributed by atoms with Crippen LogP contribution >= 0.6 is 12.4 Å². The van der Waals surface area contributed by atoms with Crippen LogP contribution in [0.3, 0.4) is 0 Å². The third kappa shape index (κ3) is 6.08. The molecule has 3 rings (SSSR count). The van der Waals surface area contributed by atoms with Gasteiger partial charge in [0.15, 0.2) is 0 Å². The van der Waals surface area contributed by atoms with Crippen molar-refractivity contribution in [1.29, 1.82) is 0 Å². The Morgan fingerprint density at radius 1 is 1.07 bits per heavy atom. The highest BCUT2D eigenvalue weighted by molar-refractivity contribution is 6.12. The maximum atomic E-state index is 11.2. The third-order valence-electron chi connectivity index (χ3n) is 4.60. The molecule has 6 heteroatoms. The van der Waals surface area contributed by atoms with E-state index in [9.17, 15) is 9.90 Å². The number of carboxylic acid groups (broad SMARTS) is 1. The van der Waals surface area contributed by atoms with Gasteiger partial charge >= 0.3 is 5.97 Å². The molecule has 2 aromatic rings. The van der Waals surface area contributed by atoms with Gasteiger partial charge in [0.25, 0.3) is 0 Å². The number of benzene rings is 2. The third-order valence-corrected chi connectivity index (χ3v) is 4.60. The number of nitrogens with zero attached hydrogens (tertiary/aromatic N) is 2. The number of carboxylic acids is 1. The summed E-state index contributed by atoms with van der Waals surface area (Å²) in [7, 11) is 0. The summed E-state index contributed by atoms with van der Waals surface area (Å²) in [4.78, 5) is 18.9. The second-order valence-corrected chi connectivity index (χ2v) is 6.48. The number of oxime groups is 1. The summed E-state index contributed by atoms with van der Waals surface area (Å²) in [5.74, 6) is -0.972. The van der Waals surface area contributed by atoms with Crippen molar-refractivity contribution in [2.24, 2.45) is 11.1 Å². The van der Waals surface area contributed by atoms with E-state index in [1.165, 1.54) is 0 Å². The minimum absolute atomic E-state index is 0. The van der Waals surface area contributed by atoms with Crippen LogP contribution in [0.5, 0.6) is 0 Å². The molecule has 0 bridgehead atoms. The molecule has 0 aromatic heterocycles. The maximum Gasteiger partial charge on any atom is 0.307 e. The number of halogens is 1. The molecule has 0 saturated carbocycles. The van der Waals surface area contributed by atoms with Gasteiger partial charge in [0.2, 0.25) is 0 Å². The first-order valence-corrected chi connectivity index (χ1v) is 9.00. The molecule has 1 atom stereocenters. The van der Waals surface area contributed by atoms with Gasteiger partial charge in [0, 0.05) is 24.2 Å². The van der Waals surface area contributed by atoms with Gasteiger partial charge in [0.05, 0.1) is 5.92 Å². The van der Waals surface area contributed by atoms with Crippen LogP contribution in [-0.2, 0) is 9.63 Å². The van der Waals surface area contributed by atoms with Crippen molar-refractivity contribution in [3.8, 4) is 0 Å². The molecule has 144 valence electrons. The quantitative estimate of drug-likeness (QED) is 0.446. The predicted molar refractivity (Wildman–Crippen MR) is 109 cm³/mol. The molecule has 2 aromatic carbocycles. The number of piperidine rings is 1. The first kappa shape index (κ1) is 20.9. The summed E-state index contributed by atoms with van der Waals surface area (Å²) in [5.41, 5.74) is 2.80. The zero-order valence-corrected chi connectivity index (χ0v) is 16.0. The Kier molecular flexibility index (Phi) is 8.30. The van der Waals surface area contributed by atoms with Crippen LogP contribution in [0, 0.1) is 5.92 Å².